The van der Waals surface area contributed by atoms with Gasteiger partial charge in [-0.25, -0.2) is 4.98 Å². The molecule has 0 aliphatic rings. The maximum atomic E-state index is 12.0. The highest BCUT2D eigenvalue weighted by molar-refractivity contribution is 5.98. The molecule has 0 spiro atoms. The number of nitrogens with zero attached hydrogens (tertiary/aromatic N) is 3. The maximum Gasteiger partial charge on any atom is 0.300 e. The van der Waals surface area contributed by atoms with E-state index in [1.54, 1.807) is 12.4 Å². The van der Waals surface area contributed by atoms with Crippen LogP contribution in [0.15, 0.2) is 36.8 Å². The predicted molar refractivity (Wildman–Crippen MR) is 75.6 cm³/mol. The van der Waals surface area contributed by atoms with Crippen molar-refractivity contribution in [2.24, 2.45) is 0 Å². The lowest BCUT2D eigenvalue weighted by Crippen LogP contribution is -2.26. The SMILES string of the molecule is Nc1cc(C(=O)NCCc2ccncc2)c([N+](=O)[O-])cn1. The van der Waals surface area contributed by atoms with Gasteiger partial charge in [0, 0.05) is 18.9 Å². The molecular weight excluding hydrogens is 274 g/mol. The number of rotatable bonds is 5. The number of nitrogens with one attached hydrogen (secondary N) is 1. The van der Waals surface area contributed by atoms with Crippen molar-refractivity contribution < 1.29 is 9.72 Å². The van der Waals surface area contributed by atoms with Crippen LogP contribution in [-0.4, -0.2) is 27.3 Å². The first kappa shape index (κ1) is 14.4. The van der Waals surface area contributed by atoms with Crippen LogP contribution >= 0.6 is 0 Å². The molecule has 2 rings (SSSR count). The van der Waals surface area contributed by atoms with Crippen LogP contribution in [0.5, 0.6) is 0 Å². The Morgan fingerprint density at radius 1 is 1.38 bits per heavy atom. The van der Waals surface area contributed by atoms with E-state index in [1.807, 2.05) is 12.1 Å². The second-order valence-electron chi connectivity index (χ2n) is 4.24. The summed E-state index contributed by atoms with van der Waals surface area (Å²) in [6.45, 7) is 0.349. The summed E-state index contributed by atoms with van der Waals surface area (Å²) in [4.78, 5) is 29.7. The zero-order valence-electron chi connectivity index (χ0n) is 11.0. The molecule has 0 radical (unpaired) electrons. The standard InChI is InChI=1S/C13H13N5O3/c14-12-7-10(11(8-17-12)18(20)21)13(19)16-6-3-9-1-4-15-5-2-9/h1-2,4-5,7-8H,3,6H2,(H2,14,17)(H,16,19). The third kappa shape index (κ3) is 3.72. The second kappa shape index (κ2) is 6.42. The summed E-state index contributed by atoms with van der Waals surface area (Å²) in [7, 11) is 0. The summed E-state index contributed by atoms with van der Waals surface area (Å²) < 4.78 is 0. The molecule has 3 N–H and O–H groups in total. The first-order chi connectivity index (χ1) is 10.1. The minimum atomic E-state index is -0.662. The molecule has 0 saturated heterocycles. The minimum Gasteiger partial charge on any atom is -0.384 e. The number of nitrogen functional groups attached to an aromatic ring is 1. The molecule has 0 atom stereocenters. The molecule has 0 unspecified atom stereocenters. The van der Waals surface area contributed by atoms with E-state index in [2.05, 4.69) is 15.3 Å². The fourth-order valence-electron chi connectivity index (χ4n) is 1.76. The number of hydrogen-bond donors (Lipinski definition) is 2. The first-order valence-corrected chi connectivity index (χ1v) is 6.15. The quantitative estimate of drug-likeness (QED) is 0.623. The molecule has 2 heterocycles. The van der Waals surface area contributed by atoms with E-state index >= 15 is 0 Å². The Bertz CT molecular complexity index is 660. The van der Waals surface area contributed by atoms with E-state index in [1.165, 1.54) is 6.07 Å². The molecule has 2 aromatic heterocycles. The molecule has 0 aliphatic carbocycles. The van der Waals surface area contributed by atoms with Gasteiger partial charge in [0.15, 0.2) is 0 Å². The molecule has 8 nitrogen and oxygen atoms in total. The van der Waals surface area contributed by atoms with Crippen LogP contribution in [0.4, 0.5) is 11.5 Å². The van der Waals surface area contributed by atoms with Crippen LogP contribution in [0.1, 0.15) is 15.9 Å². The summed E-state index contributed by atoms with van der Waals surface area (Å²) in [5.74, 6) is -0.496. The Hall–Kier alpha value is -3.03. The van der Waals surface area contributed by atoms with Crippen molar-refractivity contribution in [1.29, 1.82) is 0 Å². The molecule has 108 valence electrons. The van der Waals surface area contributed by atoms with E-state index in [9.17, 15) is 14.9 Å². The van der Waals surface area contributed by atoms with Gasteiger partial charge in [-0.2, -0.15) is 0 Å². The van der Waals surface area contributed by atoms with Gasteiger partial charge in [-0.3, -0.25) is 19.9 Å². The Kier molecular flexibility index (Phi) is 4.39. The van der Waals surface area contributed by atoms with Crippen molar-refractivity contribution in [2.45, 2.75) is 6.42 Å². The number of pyridine rings is 2. The summed E-state index contributed by atoms with van der Waals surface area (Å²) >= 11 is 0. The van der Waals surface area contributed by atoms with Gasteiger partial charge in [0.25, 0.3) is 11.6 Å². The average molecular weight is 287 g/mol. The number of aromatic nitrogens is 2. The van der Waals surface area contributed by atoms with Crippen LogP contribution in [0.25, 0.3) is 0 Å². The van der Waals surface area contributed by atoms with Crippen LogP contribution < -0.4 is 11.1 Å². The Balaban J connectivity index is 2.03. The highest BCUT2D eigenvalue weighted by Crippen LogP contribution is 2.18. The smallest absolute Gasteiger partial charge is 0.300 e. The topological polar surface area (TPSA) is 124 Å². The van der Waals surface area contributed by atoms with E-state index in [0.717, 1.165) is 11.8 Å². The monoisotopic (exact) mass is 287 g/mol. The fraction of sp³-hybridized carbons (Fsp3) is 0.154. The lowest BCUT2D eigenvalue weighted by Gasteiger charge is -2.06. The van der Waals surface area contributed by atoms with Crippen molar-refractivity contribution >= 4 is 17.4 Å². The highest BCUT2D eigenvalue weighted by atomic mass is 16.6. The lowest BCUT2D eigenvalue weighted by atomic mass is 10.2. The van der Waals surface area contributed by atoms with Crippen molar-refractivity contribution in [1.82, 2.24) is 15.3 Å². The summed E-state index contributed by atoms with van der Waals surface area (Å²) in [5.41, 5.74) is 6.01. The summed E-state index contributed by atoms with van der Waals surface area (Å²) in [6, 6.07) is 4.86. The third-order valence-electron chi connectivity index (χ3n) is 2.79. The van der Waals surface area contributed by atoms with E-state index in [4.69, 9.17) is 5.73 Å². The number of amides is 1. The maximum absolute atomic E-state index is 12.0. The van der Waals surface area contributed by atoms with Gasteiger partial charge in [-0.05, 0) is 30.2 Å². The van der Waals surface area contributed by atoms with Gasteiger partial charge in [0.05, 0.1) is 4.92 Å². The van der Waals surface area contributed by atoms with Crippen LogP contribution in [0, 0.1) is 10.1 Å². The summed E-state index contributed by atoms with van der Waals surface area (Å²) in [6.07, 6.45) is 4.90. The molecule has 0 fully saturated rings. The predicted octanol–water partition coefficient (Wildman–Crippen LogP) is 0.939. The number of anilines is 1. The fourth-order valence-corrected chi connectivity index (χ4v) is 1.76. The van der Waals surface area contributed by atoms with Gasteiger partial charge in [-0.1, -0.05) is 0 Å². The molecular formula is C13H13N5O3. The molecule has 0 bridgehead atoms. The van der Waals surface area contributed by atoms with Crippen molar-refractivity contribution in [3.8, 4) is 0 Å². The molecule has 0 aliphatic heterocycles. The molecule has 1 amide bonds. The van der Waals surface area contributed by atoms with Gasteiger partial charge in [-0.15, -0.1) is 0 Å². The zero-order chi connectivity index (χ0) is 15.2. The first-order valence-electron chi connectivity index (χ1n) is 6.15. The van der Waals surface area contributed by atoms with Crippen LogP contribution in [0.3, 0.4) is 0 Å². The molecule has 2 aromatic rings. The minimum absolute atomic E-state index is 0.0554. The largest absolute Gasteiger partial charge is 0.384 e. The Morgan fingerprint density at radius 3 is 2.76 bits per heavy atom. The normalized spacial score (nSPS) is 10.1. The van der Waals surface area contributed by atoms with E-state index < -0.39 is 10.8 Å². The third-order valence-corrected chi connectivity index (χ3v) is 2.79. The van der Waals surface area contributed by atoms with Crippen LogP contribution in [0.2, 0.25) is 0 Å². The number of nitrogens with two attached hydrogens (primary N) is 1. The van der Waals surface area contributed by atoms with E-state index in [0.29, 0.717) is 13.0 Å². The van der Waals surface area contributed by atoms with Crippen LogP contribution in [-0.2, 0) is 6.42 Å². The lowest BCUT2D eigenvalue weighted by molar-refractivity contribution is -0.385. The molecule has 21 heavy (non-hydrogen) atoms. The Labute approximate surface area is 120 Å². The highest BCUT2D eigenvalue weighted by Gasteiger charge is 2.20. The molecule has 0 saturated carbocycles. The molecule has 0 aromatic carbocycles. The number of nitro groups is 1. The van der Waals surface area contributed by atoms with E-state index in [-0.39, 0.29) is 17.1 Å². The number of carbonyl (C=O) groups excluding carboxylic acids is 1. The average Bonchev–Trinajstić information content (AvgIpc) is 2.47. The summed E-state index contributed by atoms with van der Waals surface area (Å²) in [5, 5.41) is 13.5. The number of carbonyl (C=O) groups is 1. The van der Waals surface area contributed by atoms with Gasteiger partial charge >= 0.3 is 0 Å². The van der Waals surface area contributed by atoms with Gasteiger partial charge in [0.2, 0.25) is 0 Å². The Morgan fingerprint density at radius 2 is 2.10 bits per heavy atom. The van der Waals surface area contributed by atoms with Gasteiger partial charge < -0.3 is 11.1 Å². The van der Waals surface area contributed by atoms with Crippen molar-refractivity contribution in [3.05, 3.63) is 58.0 Å². The zero-order valence-corrected chi connectivity index (χ0v) is 11.0. The van der Waals surface area contributed by atoms with Gasteiger partial charge in [0.1, 0.15) is 17.6 Å². The molecule has 8 heteroatoms. The number of hydrogen-bond acceptors (Lipinski definition) is 6. The van der Waals surface area contributed by atoms with Crippen molar-refractivity contribution in [3.63, 3.8) is 0 Å². The second-order valence-corrected chi connectivity index (χ2v) is 4.24. The van der Waals surface area contributed by atoms with Crippen molar-refractivity contribution in [2.75, 3.05) is 12.3 Å².